The molecule has 1 amide bonds. The number of anilines is 1. The van der Waals surface area contributed by atoms with Gasteiger partial charge in [-0.15, -0.1) is 0 Å². The molecule has 30 heavy (non-hydrogen) atoms. The lowest BCUT2D eigenvalue weighted by Gasteiger charge is -2.37. The summed E-state index contributed by atoms with van der Waals surface area (Å²) in [6.45, 7) is 7.28. The maximum atomic E-state index is 14.1. The number of rotatable bonds is 5. The number of aromatic nitrogens is 1. The van der Waals surface area contributed by atoms with E-state index < -0.39 is 0 Å². The molecule has 0 unspecified atom stereocenters. The van der Waals surface area contributed by atoms with Crippen molar-refractivity contribution in [1.29, 1.82) is 0 Å². The Balaban J connectivity index is 1.35. The second kappa shape index (κ2) is 8.69. The van der Waals surface area contributed by atoms with Crippen LogP contribution >= 0.6 is 0 Å². The van der Waals surface area contributed by atoms with Gasteiger partial charge < -0.3 is 14.3 Å². The topological polar surface area (TPSA) is 49.6 Å². The molecule has 0 N–H and O–H groups in total. The Hall–Kier alpha value is -3.15. The summed E-state index contributed by atoms with van der Waals surface area (Å²) >= 11 is 0. The summed E-state index contributed by atoms with van der Waals surface area (Å²) < 4.78 is 19.2. The Morgan fingerprint density at radius 2 is 1.87 bits per heavy atom. The molecule has 6 heteroatoms. The van der Waals surface area contributed by atoms with Crippen molar-refractivity contribution in [3.63, 3.8) is 0 Å². The highest BCUT2D eigenvalue weighted by molar-refractivity contribution is 5.77. The van der Waals surface area contributed by atoms with Crippen molar-refractivity contribution in [1.82, 2.24) is 10.1 Å². The van der Waals surface area contributed by atoms with E-state index in [1.807, 2.05) is 4.90 Å². The Bertz CT molecular complexity index is 1040. The minimum Gasteiger partial charge on any atom is -0.368 e. The SMILES string of the molecule is Cc1ccc(C)c(N2CCN(C(=O)CCc3conc3-c3ccccc3F)CC2)c1. The molecule has 1 aromatic heterocycles. The van der Waals surface area contributed by atoms with Gasteiger partial charge in [0.1, 0.15) is 17.8 Å². The molecule has 0 radical (unpaired) electrons. The van der Waals surface area contributed by atoms with Gasteiger partial charge in [0, 0.05) is 49.4 Å². The largest absolute Gasteiger partial charge is 0.368 e. The van der Waals surface area contributed by atoms with Gasteiger partial charge in [-0.05, 0) is 49.6 Å². The van der Waals surface area contributed by atoms with E-state index >= 15 is 0 Å². The van der Waals surface area contributed by atoms with Crippen molar-refractivity contribution < 1.29 is 13.7 Å². The van der Waals surface area contributed by atoms with Gasteiger partial charge in [-0.2, -0.15) is 0 Å². The number of aryl methyl sites for hydroxylation is 3. The van der Waals surface area contributed by atoms with Crippen molar-refractivity contribution in [3.05, 3.63) is 71.2 Å². The molecule has 0 saturated carbocycles. The van der Waals surface area contributed by atoms with E-state index in [0.717, 1.165) is 18.7 Å². The van der Waals surface area contributed by atoms with Crippen molar-refractivity contribution in [2.75, 3.05) is 31.1 Å². The smallest absolute Gasteiger partial charge is 0.223 e. The maximum absolute atomic E-state index is 14.1. The first kappa shape index (κ1) is 20.1. The summed E-state index contributed by atoms with van der Waals surface area (Å²) in [6, 6.07) is 13.0. The molecular formula is C24H26FN3O2. The highest BCUT2D eigenvalue weighted by atomic mass is 19.1. The van der Waals surface area contributed by atoms with Crippen molar-refractivity contribution >= 4 is 11.6 Å². The van der Waals surface area contributed by atoms with Crippen molar-refractivity contribution in [2.24, 2.45) is 0 Å². The number of hydrogen-bond donors (Lipinski definition) is 0. The average molecular weight is 407 g/mol. The standard InChI is InChI=1S/C24H26FN3O2/c1-17-7-8-18(2)22(15-17)27-11-13-28(14-12-27)23(29)10-9-19-16-30-26-24(19)20-5-3-4-6-21(20)25/h3-8,15-16H,9-14H2,1-2H3. The molecule has 0 spiro atoms. The van der Waals surface area contributed by atoms with Crippen molar-refractivity contribution in [3.8, 4) is 11.3 Å². The van der Waals surface area contributed by atoms with Crippen LogP contribution in [0.15, 0.2) is 53.3 Å². The molecule has 1 fully saturated rings. The second-order valence-corrected chi connectivity index (χ2v) is 7.83. The predicted molar refractivity (Wildman–Crippen MR) is 115 cm³/mol. The molecule has 2 heterocycles. The second-order valence-electron chi connectivity index (χ2n) is 7.83. The van der Waals surface area contributed by atoms with Gasteiger partial charge in [0.05, 0.1) is 0 Å². The average Bonchev–Trinajstić information content (AvgIpc) is 3.22. The molecule has 5 nitrogen and oxygen atoms in total. The highest BCUT2D eigenvalue weighted by Crippen LogP contribution is 2.26. The van der Waals surface area contributed by atoms with E-state index in [1.54, 1.807) is 18.2 Å². The summed E-state index contributed by atoms with van der Waals surface area (Å²) in [5.41, 5.74) is 5.38. The van der Waals surface area contributed by atoms with E-state index in [0.29, 0.717) is 37.2 Å². The van der Waals surface area contributed by atoms with Crippen LogP contribution in [0.5, 0.6) is 0 Å². The quantitative estimate of drug-likeness (QED) is 0.630. The monoisotopic (exact) mass is 407 g/mol. The van der Waals surface area contributed by atoms with Gasteiger partial charge in [0.15, 0.2) is 0 Å². The third kappa shape index (κ3) is 4.22. The van der Waals surface area contributed by atoms with Gasteiger partial charge in [-0.3, -0.25) is 4.79 Å². The molecule has 1 saturated heterocycles. The molecule has 1 aliphatic rings. The van der Waals surface area contributed by atoms with E-state index in [9.17, 15) is 9.18 Å². The number of amides is 1. The van der Waals surface area contributed by atoms with Crippen molar-refractivity contribution in [2.45, 2.75) is 26.7 Å². The fourth-order valence-electron chi connectivity index (χ4n) is 3.97. The van der Waals surface area contributed by atoms with Crippen LogP contribution in [0.1, 0.15) is 23.1 Å². The van der Waals surface area contributed by atoms with E-state index in [2.05, 4.69) is 42.1 Å². The minimum absolute atomic E-state index is 0.108. The normalized spacial score (nSPS) is 14.2. The third-order valence-electron chi connectivity index (χ3n) is 5.72. The number of hydrogen-bond acceptors (Lipinski definition) is 4. The van der Waals surface area contributed by atoms with Gasteiger partial charge >= 0.3 is 0 Å². The Labute approximate surface area is 176 Å². The molecule has 1 aliphatic heterocycles. The molecule has 0 bridgehead atoms. The van der Waals surface area contributed by atoms with Gasteiger partial charge in [0.25, 0.3) is 0 Å². The van der Waals surface area contributed by atoms with Gasteiger partial charge in [0.2, 0.25) is 5.91 Å². The minimum atomic E-state index is -0.346. The summed E-state index contributed by atoms with van der Waals surface area (Å²) in [6.07, 6.45) is 2.34. The molecular weight excluding hydrogens is 381 g/mol. The Morgan fingerprint density at radius 1 is 1.10 bits per heavy atom. The number of halogens is 1. The van der Waals surface area contributed by atoms with Crippen LogP contribution in [0, 0.1) is 19.7 Å². The van der Waals surface area contributed by atoms with Crippen LogP contribution in [-0.4, -0.2) is 42.1 Å². The summed E-state index contributed by atoms with van der Waals surface area (Å²) in [7, 11) is 0. The van der Waals surface area contributed by atoms with Gasteiger partial charge in [-0.1, -0.05) is 29.4 Å². The Kier molecular flexibility index (Phi) is 5.84. The molecule has 3 aromatic rings. The van der Waals surface area contributed by atoms with Crippen LogP contribution < -0.4 is 4.90 Å². The lowest BCUT2D eigenvalue weighted by molar-refractivity contribution is -0.131. The third-order valence-corrected chi connectivity index (χ3v) is 5.72. The number of carbonyl (C=O) groups excluding carboxylic acids is 1. The van der Waals surface area contributed by atoms with E-state index in [-0.39, 0.29) is 11.7 Å². The van der Waals surface area contributed by atoms with Crippen LogP contribution in [0.25, 0.3) is 11.3 Å². The number of nitrogens with zero attached hydrogens (tertiary/aromatic N) is 3. The lowest BCUT2D eigenvalue weighted by Crippen LogP contribution is -2.49. The maximum Gasteiger partial charge on any atom is 0.223 e. The zero-order valence-electron chi connectivity index (χ0n) is 17.4. The molecule has 0 atom stereocenters. The fraction of sp³-hybridized carbons (Fsp3) is 0.333. The molecule has 156 valence electrons. The van der Waals surface area contributed by atoms with Crippen LogP contribution in [0.3, 0.4) is 0 Å². The first-order chi connectivity index (χ1) is 14.5. The van der Waals surface area contributed by atoms with E-state index in [1.165, 1.54) is 29.1 Å². The molecule has 4 rings (SSSR count). The number of carbonyl (C=O) groups is 1. The van der Waals surface area contributed by atoms with Crippen LogP contribution in [0.2, 0.25) is 0 Å². The lowest BCUT2D eigenvalue weighted by atomic mass is 10.0. The van der Waals surface area contributed by atoms with E-state index in [4.69, 9.17) is 4.52 Å². The first-order valence-electron chi connectivity index (χ1n) is 10.3. The first-order valence-corrected chi connectivity index (χ1v) is 10.3. The number of benzene rings is 2. The zero-order chi connectivity index (χ0) is 21.1. The predicted octanol–water partition coefficient (Wildman–Crippen LogP) is 4.38. The molecule has 0 aliphatic carbocycles. The van der Waals surface area contributed by atoms with Gasteiger partial charge in [-0.25, -0.2) is 4.39 Å². The summed E-state index contributed by atoms with van der Waals surface area (Å²) in [5.74, 6) is -0.238. The fourth-order valence-corrected chi connectivity index (χ4v) is 3.97. The summed E-state index contributed by atoms with van der Waals surface area (Å²) in [5, 5.41) is 3.95. The summed E-state index contributed by atoms with van der Waals surface area (Å²) in [4.78, 5) is 17.0. The van der Waals surface area contributed by atoms with Crippen LogP contribution in [-0.2, 0) is 11.2 Å². The van der Waals surface area contributed by atoms with Crippen LogP contribution in [0.4, 0.5) is 10.1 Å². The zero-order valence-corrected chi connectivity index (χ0v) is 17.4. The Morgan fingerprint density at radius 3 is 2.63 bits per heavy atom. The number of piperazine rings is 1. The molecule has 2 aromatic carbocycles. The highest BCUT2D eigenvalue weighted by Gasteiger charge is 2.23.